The first-order chi connectivity index (χ1) is 17.4. The SMILES string of the molecule is Cc1nnc2sc(-c3cccc(NC(=S)NC(=O)c4ccc(N5CCOCC5)c([N+](=O)[O-])c4)c3)nn12. The Hall–Kier alpha value is -4.01. The van der Waals surface area contributed by atoms with Gasteiger partial charge in [-0.05, 0) is 43.4 Å². The highest BCUT2D eigenvalue weighted by molar-refractivity contribution is 7.80. The lowest BCUT2D eigenvalue weighted by atomic mass is 10.1. The summed E-state index contributed by atoms with van der Waals surface area (Å²) in [7, 11) is 0. The van der Waals surface area contributed by atoms with E-state index in [1.54, 1.807) is 22.7 Å². The van der Waals surface area contributed by atoms with Crippen LogP contribution in [0.3, 0.4) is 0 Å². The van der Waals surface area contributed by atoms with E-state index in [9.17, 15) is 14.9 Å². The minimum Gasteiger partial charge on any atom is -0.378 e. The van der Waals surface area contributed by atoms with E-state index < -0.39 is 10.8 Å². The number of carbonyl (C=O) groups is 1. The second-order valence-corrected chi connectivity index (χ2v) is 9.26. The number of nitrogens with zero attached hydrogens (tertiary/aromatic N) is 6. The number of fused-ring (bicyclic) bond motifs is 1. The molecule has 12 nitrogen and oxygen atoms in total. The summed E-state index contributed by atoms with van der Waals surface area (Å²) in [6.45, 7) is 3.90. The van der Waals surface area contributed by atoms with E-state index in [0.29, 0.717) is 48.5 Å². The summed E-state index contributed by atoms with van der Waals surface area (Å²) in [4.78, 5) is 26.5. The highest BCUT2D eigenvalue weighted by atomic mass is 32.1. The molecule has 5 rings (SSSR count). The number of ether oxygens (including phenoxy) is 1. The third-order valence-electron chi connectivity index (χ3n) is 5.53. The van der Waals surface area contributed by atoms with Crippen LogP contribution in [-0.2, 0) is 4.74 Å². The molecule has 0 unspecified atom stereocenters. The largest absolute Gasteiger partial charge is 0.378 e. The number of hydrogen-bond acceptors (Lipinski definition) is 10. The summed E-state index contributed by atoms with van der Waals surface area (Å²) in [5, 5.41) is 30.7. The molecule has 2 aromatic carbocycles. The normalized spacial score (nSPS) is 13.5. The van der Waals surface area contributed by atoms with Gasteiger partial charge in [0.2, 0.25) is 4.96 Å². The van der Waals surface area contributed by atoms with Crippen molar-refractivity contribution in [1.29, 1.82) is 0 Å². The van der Waals surface area contributed by atoms with Crippen molar-refractivity contribution in [3.63, 3.8) is 0 Å². The molecule has 3 heterocycles. The van der Waals surface area contributed by atoms with Crippen molar-refractivity contribution in [2.75, 3.05) is 36.5 Å². The van der Waals surface area contributed by atoms with Gasteiger partial charge in [-0.1, -0.05) is 23.5 Å². The van der Waals surface area contributed by atoms with Crippen LogP contribution in [0.25, 0.3) is 15.5 Å². The maximum Gasteiger partial charge on any atom is 0.293 e. The second kappa shape index (κ2) is 9.93. The number of aryl methyl sites for hydroxylation is 1. The van der Waals surface area contributed by atoms with E-state index in [1.807, 2.05) is 30.0 Å². The summed E-state index contributed by atoms with van der Waals surface area (Å²) in [5.41, 5.74) is 1.94. The van der Waals surface area contributed by atoms with Gasteiger partial charge in [0, 0.05) is 36.0 Å². The molecule has 0 aliphatic carbocycles. The van der Waals surface area contributed by atoms with Crippen LogP contribution in [0.2, 0.25) is 0 Å². The molecule has 14 heteroatoms. The van der Waals surface area contributed by atoms with Crippen LogP contribution in [0.15, 0.2) is 42.5 Å². The number of rotatable bonds is 5. The monoisotopic (exact) mass is 524 g/mol. The minimum absolute atomic E-state index is 0.0612. The molecular formula is C22H20N8O4S2. The van der Waals surface area contributed by atoms with Crippen LogP contribution in [-0.4, -0.2) is 62.1 Å². The third-order valence-corrected chi connectivity index (χ3v) is 6.68. The predicted octanol–water partition coefficient (Wildman–Crippen LogP) is 3.03. The number of benzene rings is 2. The van der Waals surface area contributed by atoms with E-state index in [-0.39, 0.29) is 16.4 Å². The number of amides is 1. The van der Waals surface area contributed by atoms with E-state index in [4.69, 9.17) is 17.0 Å². The zero-order valence-corrected chi connectivity index (χ0v) is 20.6. The lowest BCUT2D eigenvalue weighted by Crippen LogP contribution is -2.37. The number of thiocarbonyl (C=S) groups is 1. The van der Waals surface area contributed by atoms with Gasteiger partial charge < -0.3 is 15.0 Å². The Morgan fingerprint density at radius 3 is 2.75 bits per heavy atom. The maximum absolute atomic E-state index is 12.8. The average molecular weight is 525 g/mol. The number of nitro benzene ring substituents is 1. The van der Waals surface area contributed by atoms with E-state index in [1.165, 1.54) is 17.4 Å². The second-order valence-electron chi connectivity index (χ2n) is 7.90. The number of aromatic nitrogens is 4. The van der Waals surface area contributed by atoms with Gasteiger partial charge >= 0.3 is 0 Å². The van der Waals surface area contributed by atoms with Gasteiger partial charge in [-0.3, -0.25) is 20.2 Å². The molecule has 0 spiro atoms. The summed E-state index contributed by atoms with van der Waals surface area (Å²) < 4.78 is 6.99. The average Bonchev–Trinajstić information content (AvgIpc) is 3.46. The molecule has 184 valence electrons. The van der Waals surface area contributed by atoms with E-state index in [0.717, 1.165) is 10.6 Å². The van der Waals surface area contributed by atoms with Crippen molar-refractivity contribution in [3.05, 3.63) is 64.0 Å². The van der Waals surface area contributed by atoms with Crippen molar-refractivity contribution < 1.29 is 14.5 Å². The molecule has 0 saturated carbocycles. The molecule has 1 fully saturated rings. The van der Waals surface area contributed by atoms with Crippen LogP contribution in [0.5, 0.6) is 0 Å². The summed E-state index contributed by atoms with van der Waals surface area (Å²) in [5.74, 6) is 0.147. The smallest absolute Gasteiger partial charge is 0.293 e. The van der Waals surface area contributed by atoms with Crippen molar-refractivity contribution >= 4 is 56.6 Å². The highest BCUT2D eigenvalue weighted by Gasteiger charge is 2.23. The van der Waals surface area contributed by atoms with Crippen molar-refractivity contribution in [1.82, 2.24) is 25.1 Å². The van der Waals surface area contributed by atoms with Gasteiger partial charge in [0.1, 0.15) is 10.7 Å². The number of nitro groups is 1. The fourth-order valence-electron chi connectivity index (χ4n) is 3.78. The highest BCUT2D eigenvalue weighted by Crippen LogP contribution is 2.30. The molecule has 4 aromatic rings. The predicted molar refractivity (Wildman–Crippen MR) is 139 cm³/mol. The quantitative estimate of drug-likeness (QED) is 0.227. The van der Waals surface area contributed by atoms with Crippen LogP contribution < -0.4 is 15.5 Å². The Kier molecular flexibility index (Phi) is 6.54. The molecule has 2 aromatic heterocycles. The van der Waals surface area contributed by atoms with Crippen LogP contribution in [0.4, 0.5) is 17.1 Å². The maximum atomic E-state index is 12.8. The Balaban J connectivity index is 1.28. The van der Waals surface area contributed by atoms with Crippen LogP contribution >= 0.6 is 23.6 Å². The standard InChI is InChI=1S/C22H20N8O4S2/c1-13-25-26-22-29(13)27-20(36-22)15-3-2-4-16(11-15)23-21(35)24-19(31)14-5-6-17(18(12-14)30(32)33)28-7-9-34-10-8-28/h2-6,11-12H,7-10H2,1H3,(H2,23,24,31,35). The number of anilines is 2. The molecular weight excluding hydrogens is 504 g/mol. The van der Waals surface area contributed by atoms with Crippen molar-refractivity contribution in [2.24, 2.45) is 0 Å². The summed E-state index contributed by atoms with van der Waals surface area (Å²) in [6, 6.07) is 11.8. The molecule has 36 heavy (non-hydrogen) atoms. The Morgan fingerprint density at radius 1 is 1.19 bits per heavy atom. The minimum atomic E-state index is -0.551. The van der Waals surface area contributed by atoms with Crippen LogP contribution in [0.1, 0.15) is 16.2 Å². The number of hydrogen-bond donors (Lipinski definition) is 2. The number of nitrogens with one attached hydrogen (secondary N) is 2. The van der Waals surface area contributed by atoms with Crippen LogP contribution in [0, 0.1) is 17.0 Å². The molecule has 2 N–H and O–H groups in total. The Bertz CT molecular complexity index is 1480. The first-order valence-electron chi connectivity index (χ1n) is 10.9. The number of carbonyl (C=O) groups excluding carboxylic acids is 1. The topological polar surface area (TPSA) is 140 Å². The van der Waals surface area contributed by atoms with Gasteiger partial charge in [0.05, 0.1) is 18.1 Å². The first-order valence-corrected chi connectivity index (χ1v) is 12.1. The van der Waals surface area contributed by atoms with Crippen molar-refractivity contribution in [2.45, 2.75) is 6.92 Å². The molecule has 1 amide bonds. The molecule has 1 aliphatic rings. The molecule has 1 saturated heterocycles. The fourth-order valence-corrected chi connectivity index (χ4v) is 4.87. The first kappa shape index (κ1) is 23.7. The lowest BCUT2D eigenvalue weighted by Gasteiger charge is -2.28. The van der Waals surface area contributed by atoms with Gasteiger partial charge in [-0.25, -0.2) is 0 Å². The van der Waals surface area contributed by atoms with E-state index >= 15 is 0 Å². The van der Waals surface area contributed by atoms with E-state index in [2.05, 4.69) is 25.9 Å². The zero-order chi connectivity index (χ0) is 25.2. The number of morpholine rings is 1. The Morgan fingerprint density at radius 2 is 2.00 bits per heavy atom. The molecule has 0 atom stereocenters. The van der Waals surface area contributed by atoms with Gasteiger partial charge in [0.25, 0.3) is 11.6 Å². The zero-order valence-electron chi connectivity index (χ0n) is 19.0. The molecule has 1 aliphatic heterocycles. The molecule has 0 bridgehead atoms. The van der Waals surface area contributed by atoms with Gasteiger partial charge in [0.15, 0.2) is 10.9 Å². The third kappa shape index (κ3) is 4.86. The van der Waals surface area contributed by atoms with Gasteiger partial charge in [-0.2, -0.15) is 9.61 Å². The molecule has 0 radical (unpaired) electrons. The summed E-state index contributed by atoms with van der Waals surface area (Å²) in [6.07, 6.45) is 0. The fraction of sp³-hybridized carbons (Fsp3) is 0.227. The van der Waals surface area contributed by atoms with Crippen molar-refractivity contribution in [3.8, 4) is 10.6 Å². The lowest BCUT2D eigenvalue weighted by molar-refractivity contribution is -0.384. The van der Waals surface area contributed by atoms with Gasteiger partial charge in [-0.15, -0.1) is 10.2 Å². The Labute approximate surface area is 214 Å². The summed E-state index contributed by atoms with van der Waals surface area (Å²) >= 11 is 6.71.